The van der Waals surface area contributed by atoms with Crippen molar-refractivity contribution in [1.82, 2.24) is 24.2 Å². The number of hydrogen-bond acceptors (Lipinski definition) is 5. The molecule has 0 atom stereocenters. The molecule has 3 heterocycles. The topological polar surface area (TPSA) is 82.2 Å². The lowest BCUT2D eigenvalue weighted by atomic mass is 10.1. The monoisotopic (exact) mass is 399 g/mol. The highest BCUT2D eigenvalue weighted by atomic mass is 19.4. The maximum Gasteiger partial charge on any atom is 0.451 e. The number of aromatic nitrogens is 4. The highest BCUT2D eigenvalue weighted by Crippen LogP contribution is 2.30. The van der Waals surface area contributed by atoms with Crippen LogP contribution in [-0.2, 0) is 31.1 Å². The molecule has 1 aliphatic heterocycles. The fourth-order valence-electron chi connectivity index (χ4n) is 3.48. The molecule has 0 aromatic carbocycles. The van der Waals surface area contributed by atoms with Gasteiger partial charge in [0, 0.05) is 25.8 Å². The van der Waals surface area contributed by atoms with Gasteiger partial charge < -0.3 is 18.8 Å². The molecule has 2 aromatic heterocycles. The highest BCUT2D eigenvalue weighted by Gasteiger charge is 2.40. The number of halogens is 3. The summed E-state index contributed by atoms with van der Waals surface area (Å²) in [6, 6.07) is 0. The van der Waals surface area contributed by atoms with E-state index in [0.717, 1.165) is 4.57 Å². The number of amides is 1. The summed E-state index contributed by atoms with van der Waals surface area (Å²) in [6.45, 7) is 5.18. The molecular formula is C17H20F3N5O3. The van der Waals surface area contributed by atoms with Gasteiger partial charge in [-0.05, 0) is 26.3 Å². The largest absolute Gasteiger partial charge is 0.461 e. The maximum absolute atomic E-state index is 13.1. The van der Waals surface area contributed by atoms with Crippen LogP contribution in [0.3, 0.4) is 0 Å². The Morgan fingerprint density at radius 3 is 2.46 bits per heavy atom. The Hall–Kier alpha value is -2.85. The molecule has 0 N–H and O–H groups in total. The number of esters is 1. The Labute approximate surface area is 158 Å². The van der Waals surface area contributed by atoms with E-state index < -0.39 is 18.0 Å². The van der Waals surface area contributed by atoms with Crippen molar-refractivity contribution in [3.05, 3.63) is 34.2 Å². The van der Waals surface area contributed by atoms with Gasteiger partial charge in [0.05, 0.1) is 18.7 Å². The molecule has 0 aliphatic carbocycles. The van der Waals surface area contributed by atoms with Crippen molar-refractivity contribution < 1.29 is 27.5 Å². The molecule has 0 bridgehead atoms. The summed E-state index contributed by atoms with van der Waals surface area (Å²) in [4.78, 5) is 26.7. The van der Waals surface area contributed by atoms with Gasteiger partial charge in [-0.1, -0.05) is 0 Å². The number of nitrogens with zero attached hydrogens (tertiary/aromatic N) is 5. The lowest BCUT2D eigenvalue weighted by molar-refractivity contribution is -0.147. The normalized spacial score (nSPS) is 14.2. The number of alkyl halides is 3. The molecule has 152 valence electrons. The van der Waals surface area contributed by atoms with Crippen molar-refractivity contribution in [2.24, 2.45) is 7.05 Å². The SMILES string of the molecule is CCOC(=O)c1c(C)c(C(=O)N2CCn3c(nnc3C(F)(F)F)C2)c(C)n1C. The Bertz CT molecular complexity index is 945. The van der Waals surface area contributed by atoms with Crippen molar-refractivity contribution in [2.45, 2.75) is 40.0 Å². The van der Waals surface area contributed by atoms with Crippen LogP contribution in [0.2, 0.25) is 0 Å². The third kappa shape index (κ3) is 3.14. The average molecular weight is 399 g/mol. The van der Waals surface area contributed by atoms with Gasteiger partial charge in [-0.25, -0.2) is 4.79 Å². The molecule has 0 fully saturated rings. The smallest absolute Gasteiger partial charge is 0.451 e. The first-order valence-corrected chi connectivity index (χ1v) is 8.69. The third-order valence-corrected chi connectivity index (χ3v) is 4.91. The molecule has 0 radical (unpaired) electrons. The Balaban J connectivity index is 1.91. The molecular weight excluding hydrogens is 379 g/mol. The van der Waals surface area contributed by atoms with Crippen molar-refractivity contribution in [3.63, 3.8) is 0 Å². The molecule has 0 unspecified atom stereocenters. The minimum absolute atomic E-state index is 0.0570. The van der Waals surface area contributed by atoms with Crippen molar-refractivity contribution in [1.29, 1.82) is 0 Å². The van der Waals surface area contributed by atoms with E-state index in [1.807, 2.05) is 0 Å². The van der Waals surface area contributed by atoms with Gasteiger partial charge in [0.2, 0.25) is 5.82 Å². The van der Waals surface area contributed by atoms with Gasteiger partial charge in [-0.2, -0.15) is 13.2 Å². The van der Waals surface area contributed by atoms with E-state index in [1.165, 1.54) is 4.90 Å². The Kier molecular flexibility index (Phi) is 4.94. The molecule has 8 nitrogen and oxygen atoms in total. The zero-order valence-electron chi connectivity index (χ0n) is 15.9. The van der Waals surface area contributed by atoms with E-state index in [0.29, 0.717) is 16.8 Å². The predicted molar refractivity (Wildman–Crippen MR) is 90.6 cm³/mol. The lowest BCUT2D eigenvalue weighted by Gasteiger charge is -2.28. The highest BCUT2D eigenvalue weighted by molar-refractivity contribution is 6.01. The average Bonchev–Trinajstić information content (AvgIpc) is 3.13. The minimum atomic E-state index is -4.60. The molecule has 1 amide bonds. The zero-order chi connectivity index (χ0) is 20.8. The first-order valence-electron chi connectivity index (χ1n) is 8.69. The number of hydrogen-bond donors (Lipinski definition) is 0. The van der Waals surface area contributed by atoms with Gasteiger partial charge in [0.25, 0.3) is 5.91 Å². The lowest BCUT2D eigenvalue weighted by Crippen LogP contribution is -2.39. The first kappa shape index (κ1) is 19.9. The Morgan fingerprint density at radius 2 is 1.86 bits per heavy atom. The molecule has 1 aliphatic rings. The van der Waals surface area contributed by atoms with E-state index in [-0.39, 0.29) is 43.7 Å². The van der Waals surface area contributed by atoms with Crippen LogP contribution in [0.25, 0.3) is 0 Å². The van der Waals surface area contributed by atoms with Gasteiger partial charge in [-0.15, -0.1) is 10.2 Å². The van der Waals surface area contributed by atoms with Gasteiger partial charge in [0.15, 0.2) is 5.82 Å². The molecule has 3 rings (SSSR count). The molecule has 0 saturated carbocycles. The summed E-state index contributed by atoms with van der Waals surface area (Å²) in [5.41, 5.74) is 1.68. The molecule has 0 spiro atoms. The van der Waals surface area contributed by atoms with E-state index in [1.54, 1.807) is 32.4 Å². The molecule has 28 heavy (non-hydrogen) atoms. The van der Waals surface area contributed by atoms with E-state index in [2.05, 4.69) is 10.2 Å². The zero-order valence-corrected chi connectivity index (χ0v) is 15.9. The van der Waals surface area contributed by atoms with Crippen molar-refractivity contribution >= 4 is 11.9 Å². The van der Waals surface area contributed by atoms with Crippen LogP contribution in [0, 0.1) is 13.8 Å². The van der Waals surface area contributed by atoms with Crippen molar-refractivity contribution in [2.75, 3.05) is 13.2 Å². The number of carbonyl (C=O) groups is 2. The number of carbonyl (C=O) groups excluding carboxylic acids is 2. The van der Waals surface area contributed by atoms with E-state index >= 15 is 0 Å². The standard InChI is InChI=1S/C17H20F3N5O3/c1-5-28-15(27)13-9(2)12(10(3)23(13)4)14(26)24-6-7-25-11(8-24)21-22-16(25)17(18,19)20/h5-8H2,1-4H3. The van der Waals surface area contributed by atoms with Crippen molar-refractivity contribution in [3.8, 4) is 0 Å². The second-order valence-electron chi connectivity index (χ2n) is 6.53. The maximum atomic E-state index is 13.1. The van der Waals surface area contributed by atoms with Crippen LogP contribution in [0.4, 0.5) is 13.2 Å². The van der Waals surface area contributed by atoms with Gasteiger partial charge in [0.1, 0.15) is 5.69 Å². The first-order chi connectivity index (χ1) is 13.1. The number of fused-ring (bicyclic) bond motifs is 1. The van der Waals surface area contributed by atoms with Gasteiger partial charge in [-0.3, -0.25) is 4.79 Å². The quantitative estimate of drug-likeness (QED) is 0.738. The summed E-state index contributed by atoms with van der Waals surface area (Å²) in [5.74, 6) is -1.89. The van der Waals surface area contributed by atoms with E-state index in [9.17, 15) is 22.8 Å². The molecule has 0 saturated heterocycles. The number of rotatable bonds is 3. The summed E-state index contributed by atoms with van der Waals surface area (Å²) in [5, 5.41) is 6.81. The fraction of sp³-hybridized carbons (Fsp3) is 0.529. The Morgan fingerprint density at radius 1 is 1.18 bits per heavy atom. The summed E-state index contributed by atoms with van der Waals surface area (Å²) < 4.78 is 46.5. The second-order valence-corrected chi connectivity index (χ2v) is 6.53. The predicted octanol–water partition coefficient (Wildman–Crippen LogP) is 2.08. The third-order valence-electron chi connectivity index (χ3n) is 4.91. The van der Waals surface area contributed by atoms with Crippen LogP contribution >= 0.6 is 0 Å². The van der Waals surface area contributed by atoms with Gasteiger partial charge >= 0.3 is 12.1 Å². The molecule has 11 heteroatoms. The summed E-state index contributed by atoms with van der Waals surface area (Å²) in [7, 11) is 1.66. The molecule has 2 aromatic rings. The van der Waals surface area contributed by atoms with Crippen LogP contribution in [-0.4, -0.2) is 49.3 Å². The second kappa shape index (κ2) is 6.95. The number of ether oxygens (including phenoxy) is 1. The van der Waals surface area contributed by atoms with E-state index in [4.69, 9.17) is 4.74 Å². The minimum Gasteiger partial charge on any atom is -0.461 e. The fourth-order valence-corrected chi connectivity index (χ4v) is 3.48. The van der Waals surface area contributed by atoms with Crippen LogP contribution in [0.15, 0.2) is 0 Å². The van der Waals surface area contributed by atoms with Crippen LogP contribution in [0.1, 0.15) is 50.7 Å². The summed E-state index contributed by atoms with van der Waals surface area (Å²) in [6.07, 6.45) is -4.60. The van der Waals surface area contributed by atoms with Crippen LogP contribution in [0.5, 0.6) is 0 Å². The van der Waals surface area contributed by atoms with Crippen LogP contribution < -0.4 is 0 Å². The summed E-state index contributed by atoms with van der Waals surface area (Å²) >= 11 is 0.